The quantitative estimate of drug-likeness (QED) is 0.158. The lowest BCUT2D eigenvalue weighted by molar-refractivity contribution is 0.518. The Morgan fingerprint density at radius 3 is 0.423 bits per heavy atom. The Balaban J connectivity index is 2.95. The molecule has 0 aromatic carbocycles. The third-order valence-corrected chi connectivity index (χ3v) is 5.75. The first kappa shape index (κ1) is 26.0. The second-order valence-corrected chi connectivity index (χ2v) is 8.49. The Bertz CT molecular complexity index is 196. The number of hydrogen-bond donors (Lipinski definition) is 0. The minimum Gasteiger partial charge on any atom is -0.0533 e. The Hall–Kier alpha value is 0. The monoisotopic (exact) mass is 364 g/mol. The molecule has 156 valence electrons. The summed E-state index contributed by atoms with van der Waals surface area (Å²) in [5.74, 6) is 0. The maximum Gasteiger partial charge on any atom is -0.0533 e. The Kier molecular flexibility index (Phi) is 25.0. The summed E-state index contributed by atoms with van der Waals surface area (Å²) in [5, 5.41) is 0. The normalized spacial score (nSPS) is 11.3. The highest BCUT2D eigenvalue weighted by Crippen LogP contribution is 2.15. The lowest BCUT2D eigenvalue weighted by Crippen LogP contribution is -1.84. The molecule has 0 saturated heterocycles. The Labute approximate surface area is 168 Å². The lowest BCUT2D eigenvalue weighted by atomic mass is 10.0. The molecule has 0 fully saturated rings. The minimum absolute atomic E-state index is 1.12. The van der Waals surface area contributed by atoms with Crippen LogP contribution in [0.5, 0.6) is 0 Å². The molecule has 0 N–H and O–H groups in total. The summed E-state index contributed by atoms with van der Waals surface area (Å²) in [5.41, 5.74) is 0. The van der Waals surface area contributed by atoms with Crippen LogP contribution >= 0.6 is 0 Å². The van der Waals surface area contributed by atoms with E-state index in [4.69, 9.17) is 0 Å². The minimum atomic E-state index is 1.12. The molecule has 0 aromatic rings. The molecule has 0 aliphatic carbocycles. The van der Waals surface area contributed by atoms with Gasteiger partial charge >= 0.3 is 0 Å². The zero-order chi connectivity index (χ0) is 19.0. The second-order valence-electron chi connectivity index (χ2n) is 8.49. The molecule has 0 bridgehead atoms. The van der Waals surface area contributed by atoms with E-state index in [0.29, 0.717) is 0 Å². The van der Waals surface area contributed by atoms with Gasteiger partial charge in [0, 0.05) is 0 Å². The SMILES string of the molecule is [CH2]CCCCCCCCCCCCCCCCCCCCCCCC[CH2]. The summed E-state index contributed by atoms with van der Waals surface area (Å²) in [6.45, 7) is 7.82. The maximum atomic E-state index is 3.91. The van der Waals surface area contributed by atoms with Crippen LogP contribution in [0.25, 0.3) is 0 Å². The van der Waals surface area contributed by atoms with Crippen molar-refractivity contribution in [2.45, 2.75) is 154 Å². The van der Waals surface area contributed by atoms with Gasteiger partial charge in [0.15, 0.2) is 0 Å². The Morgan fingerprint density at radius 1 is 0.192 bits per heavy atom. The predicted molar refractivity (Wildman–Crippen MR) is 122 cm³/mol. The van der Waals surface area contributed by atoms with Gasteiger partial charge in [-0.2, -0.15) is 0 Å². The smallest absolute Gasteiger partial charge is 0.0533 e. The molecule has 0 aliphatic heterocycles. The van der Waals surface area contributed by atoms with Crippen LogP contribution in [0, 0.1) is 13.8 Å². The van der Waals surface area contributed by atoms with Crippen molar-refractivity contribution in [3.63, 3.8) is 0 Å². The van der Waals surface area contributed by atoms with E-state index in [1.165, 1.54) is 141 Å². The van der Waals surface area contributed by atoms with Gasteiger partial charge in [0.05, 0.1) is 0 Å². The second kappa shape index (κ2) is 25.0. The van der Waals surface area contributed by atoms with Crippen LogP contribution in [0.2, 0.25) is 0 Å². The highest BCUT2D eigenvalue weighted by molar-refractivity contribution is 4.52. The van der Waals surface area contributed by atoms with Crippen LogP contribution in [0.3, 0.4) is 0 Å². The molecular weight excluding hydrogens is 312 g/mol. The summed E-state index contributed by atoms with van der Waals surface area (Å²) in [4.78, 5) is 0. The van der Waals surface area contributed by atoms with Crippen LogP contribution < -0.4 is 0 Å². The van der Waals surface area contributed by atoms with Crippen molar-refractivity contribution in [3.05, 3.63) is 13.8 Å². The molecule has 0 nitrogen and oxygen atoms in total. The van der Waals surface area contributed by atoms with Crippen molar-refractivity contribution in [2.75, 3.05) is 0 Å². The van der Waals surface area contributed by atoms with E-state index in [1.807, 2.05) is 0 Å². The molecule has 0 spiro atoms. The summed E-state index contributed by atoms with van der Waals surface area (Å²) in [6.07, 6.45) is 34.2. The van der Waals surface area contributed by atoms with E-state index in [9.17, 15) is 0 Å². The van der Waals surface area contributed by atoms with Crippen LogP contribution in [0.4, 0.5) is 0 Å². The first-order valence-corrected chi connectivity index (χ1v) is 12.5. The third kappa shape index (κ3) is 24.0. The topological polar surface area (TPSA) is 0 Å². The van der Waals surface area contributed by atoms with Crippen LogP contribution in [0.15, 0.2) is 0 Å². The predicted octanol–water partition coefficient (Wildman–Crippen LogP) is 10.0. The van der Waals surface area contributed by atoms with Crippen molar-refractivity contribution < 1.29 is 0 Å². The first-order chi connectivity index (χ1) is 12.9. The standard InChI is InChI=1S/C26H52/c1-3-5-7-9-11-13-15-17-19-21-23-25-26-24-22-20-18-16-14-12-10-8-6-4-2/h1-26H2. The molecule has 2 radical (unpaired) electrons. The third-order valence-electron chi connectivity index (χ3n) is 5.75. The molecule has 0 heterocycles. The van der Waals surface area contributed by atoms with E-state index in [1.54, 1.807) is 0 Å². The highest BCUT2D eigenvalue weighted by atomic mass is 14.0. The van der Waals surface area contributed by atoms with Gasteiger partial charge in [0.1, 0.15) is 0 Å². The molecule has 0 aromatic heterocycles. The number of hydrogen-bond acceptors (Lipinski definition) is 0. The van der Waals surface area contributed by atoms with Crippen LogP contribution in [-0.2, 0) is 0 Å². The summed E-state index contributed by atoms with van der Waals surface area (Å²) in [6, 6.07) is 0. The largest absolute Gasteiger partial charge is 0.0533 e. The molecule has 0 rings (SSSR count). The van der Waals surface area contributed by atoms with Crippen molar-refractivity contribution in [1.82, 2.24) is 0 Å². The van der Waals surface area contributed by atoms with Gasteiger partial charge in [-0.05, 0) is 0 Å². The molecule has 0 atom stereocenters. The van der Waals surface area contributed by atoms with Gasteiger partial charge in [-0.3, -0.25) is 0 Å². The lowest BCUT2D eigenvalue weighted by Gasteiger charge is -2.04. The first-order valence-electron chi connectivity index (χ1n) is 12.5. The van der Waals surface area contributed by atoms with Crippen molar-refractivity contribution in [2.24, 2.45) is 0 Å². The van der Waals surface area contributed by atoms with E-state index in [-0.39, 0.29) is 0 Å². The molecule has 0 unspecified atom stereocenters. The van der Waals surface area contributed by atoms with E-state index in [0.717, 1.165) is 12.8 Å². The van der Waals surface area contributed by atoms with Crippen molar-refractivity contribution >= 4 is 0 Å². The van der Waals surface area contributed by atoms with Gasteiger partial charge < -0.3 is 0 Å². The number of unbranched alkanes of at least 4 members (excludes halogenated alkanes) is 23. The fraction of sp³-hybridized carbons (Fsp3) is 0.923. The van der Waals surface area contributed by atoms with Crippen molar-refractivity contribution in [3.8, 4) is 0 Å². The van der Waals surface area contributed by atoms with Crippen LogP contribution in [-0.4, -0.2) is 0 Å². The van der Waals surface area contributed by atoms with Gasteiger partial charge in [-0.15, -0.1) is 0 Å². The van der Waals surface area contributed by atoms with E-state index in [2.05, 4.69) is 13.8 Å². The maximum absolute atomic E-state index is 3.91. The van der Waals surface area contributed by atoms with Crippen molar-refractivity contribution in [1.29, 1.82) is 0 Å². The molecule has 0 amide bonds. The molecule has 0 saturated carbocycles. The number of rotatable bonds is 23. The fourth-order valence-electron chi connectivity index (χ4n) is 3.89. The average Bonchev–Trinajstić information content (AvgIpc) is 2.66. The van der Waals surface area contributed by atoms with E-state index >= 15 is 0 Å². The van der Waals surface area contributed by atoms with Gasteiger partial charge in [-0.25, -0.2) is 0 Å². The highest BCUT2D eigenvalue weighted by Gasteiger charge is 1.95. The summed E-state index contributed by atoms with van der Waals surface area (Å²) < 4.78 is 0. The summed E-state index contributed by atoms with van der Waals surface area (Å²) >= 11 is 0. The molecule has 26 heavy (non-hydrogen) atoms. The summed E-state index contributed by atoms with van der Waals surface area (Å²) in [7, 11) is 0. The van der Waals surface area contributed by atoms with Gasteiger partial charge in [0.25, 0.3) is 0 Å². The molecule has 0 heteroatoms. The Morgan fingerprint density at radius 2 is 0.308 bits per heavy atom. The van der Waals surface area contributed by atoms with E-state index < -0.39 is 0 Å². The molecular formula is C26H52. The zero-order valence-corrected chi connectivity index (χ0v) is 18.4. The van der Waals surface area contributed by atoms with Crippen LogP contribution in [0.1, 0.15) is 154 Å². The van der Waals surface area contributed by atoms with Gasteiger partial charge in [0.2, 0.25) is 0 Å². The van der Waals surface area contributed by atoms with Gasteiger partial charge in [-0.1, -0.05) is 168 Å². The average molecular weight is 365 g/mol. The fourth-order valence-corrected chi connectivity index (χ4v) is 3.89. The molecule has 0 aliphatic rings. The zero-order valence-electron chi connectivity index (χ0n) is 18.4.